The lowest BCUT2D eigenvalue weighted by Gasteiger charge is -2.14. The first-order chi connectivity index (χ1) is 10.5. The Morgan fingerprint density at radius 1 is 1.32 bits per heavy atom. The zero-order valence-corrected chi connectivity index (χ0v) is 12.2. The second-order valence-corrected chi connectivity index (χ2v) is 4.61. The summed E-state index contributed by atoms with van der Waals surface area (Å²) in [7, 11) is 1.41. The molecule has 0 saturated heterocycles. The van der Waals surface area contributed by atoms with Gasteiger partial charge in [0.15, 0.2) is 5.03 Å². The molecular formula is C15H15N3O4. The number of para-hydroxylation sites is 1. The molecule has 0 aliphatic carbocycles. The van der Waals surface area contributed by atoms with E-state index in [1.54, 1.807) is 30.3 Å². The van der Waals surface area contributed by atoms with Crippen LogP contribution in [0, 0.1) is 17.0 Å². The van der Waals surface area contributed by atoms with Gasteiger partial charge in [-0.3, -0.25) is 9.78 Å². The van der Waals surface area contributed by atoms with Crippen LogP contribution in [0.3, 0.4) is 0 Å². The van der Waals surface area contributed by atoms with Crippen LogP contribution in [-0.2, 0) is 6.54 Å². The third kappa shape index (κ3) is 3.38. The van der Waals surface area contributed by atoms with Crippen molar-refractivity contribution in [3.63, 3.8) is 0 Å². The molecule has 22 heavy (non-hydrogen) atoms. The van der Waals surface area contributed by atoms with E-state index >= 15 is 0 Å². The average molecular weight is 301 g/mol. The van der Waals surface area contributed by atoms with E-state index in [1.807, 2.05) is 6.92 Å². The first kappa shape index (κ1) is 15.4. The molecule has 0 spiro atoms. The fraction of sp³-hybridized carbons (Fsp3) is 0.200. The molecule has 114 valence electrons. The van der Waals surface area contributed by atoms with Crippen LogP contribution in [0.15, 0.2) is 42.6 Å². The van der Waals surface area contributed by atoms with Gasteiger partial charge in [0.05, 0.1) is 12.7 Å². The van der Waals surface area contributed by atoms with Gasteiger partial charge in [0.25, 0.3) is 0 Å². The highest BCUT2D eigenvalue weighted by Crippen LogP contribution is 2.20. The molecule has 0 saturated carbocycles. The molecule has 1 aromatic carbocycles. The van der Waals surface area contributed by atoms with Gasteiger partial charge >= 0.3 is 5.91 Å². The van der Waals surface area contributed by atoms with Crippen LogP contribution in [0.2, 0.25) is 0 Å². The van der Waals surface area contributed by atoms with Crippen LogP contribution < -0.4 is 4.74 Å². The van der Waals surface area contributed by atoms with Crippen LogP contribution >= 0.6 is 0 Å². The Morgan fingerprint density at radius 2 is 2.05 bits per heavy atom. The van der Waals surface area contributed by atoms with Crippen molar-refractivity contribution in [2.75, 3.05) is 7.11 Å². The molecule has 2 aromatic rings. The Balaban J connectivity index is 2.29. The molecule has 0 radical (unpaired) electrons. The summed E-state index contributed by atoms with van der Waals surface area (Å²) in [6, 6.07) is 9.83. The summed E-state index contributed by atoms with van der Waals surface area (Å²) < 4.78 is 5.08. The van der Waals surface area contributed by atoms with Crippen molar-refractivity contribution in [1.29, 1.82) is 0 Å². The maximum atomic E-state index is 12.4. The average Bonchev–Trinajstić information content (AvgIpc) is 2.53. The molecule has 0 aliphatic rings. The molecule has 0 unspecified atom stereocenters. The number of benzene rings is 1. The zero-order valence-electron chi connectivity index (χ0n) is 12.2. The third-order valence-corrected chi connectivity index (χ3v) is 3.07. The SMILES string of the molecule is COc1ccccc1C(=O)N(Cc1ccc(C)nc1)[N+](=O)[O-]. The predicted octanol–water partition coefficient (Wildman–Crippen LogP) is 2.23. The number of hydrogen-bond acceptors (Lipinski definition) is 5. The molecule has 1 amide bonds. The molecular weight excluding hydrogens is 286 g/mol. The molecule has 1 heterocycles. The minimum absolute atomic E-state index is 0.141. The number of amides is 1. The number of pyridine rings is 1. The van der Waals surface area contributed by atoms with E-state index in [0.29, 0.717) is 16.3 Å². The highest BCUT2D eigenvalue weighted by atomic mass is 16.7. The number of aromatic nitrogens is 1. The normalized spacial score (nSPS) is 10.1. The Morgan fingerprint density at radius 3 is 2.64 bits per heavy atom. The van der Waals surface area contributed by atoms with Crippen LogP contribution in [-0.4, -0.2) is 28.0 Å². The van der Waals surface area contributed by atoms with Crippen molar-refractivity contribution in [3.05, 3.63) is 69.5 Å². The lowest BCUT2D eigenvalue weighted by Crippen LogP contribution is -2.36. The van der Waals surface area contributed by atoms with Crippen molar-refractivity contribution < 1.29 is 14.6 Å². The Bertz CT molecular complexity index is 685. The van der Waals surface area contributed by atoms with Gasteiger partial charge in [-0.1, -0.05) is 23.2 Å². The van der Waals surface area contributed by atoms with E-state index in [-0.39, 0.29) is 12.1 Å². The van der Waals surface area contributed by atoms with Gasteiger partial charge in [0.1, 0.15) is 12.3 Å². The second-order valence-electron chi connectivity index (χ2n) is 4.61. The van der Waals surface area contributed by atoms with Gasteiger partial charge in [-0.05, 0) is 30.7 Å². The van der Waals surface area contributed by atoms with E-state index in [1.165, 1.54) is 19.4 Å². The first-order valence-electron chi connectivity index (χ1n) is 6.53. The standard InChI is InChI=1S/C15H15N3O4/c1-11-7-8-12(9-16-11)10-17(18(20)21)15(19)13-5-3-4-6-14(13)22-2/h3-9H,10H2,1-2H3. The highest BCUT2D eigenvalue weighted by molar-refractivity contribution is 5.96. The van der Waals surface area contributed by atoms with E-state index in [0.717, 1.165) is 5.69 Å². The van der Waals surface area contributed by atoms with Crippen molar-refractivity contribution in [2.24, 2.45) is 0 Å². The molecule has 2 rings (SSSR count). The summed E-state index contributed by atoms with van der Waals surface area (Å²) in [6.07, 6.45) is 1.52. The maximum Gasteiger partial charge on any atom is 0.318 e. The number of carbonyl (C=O) groups is 1. The monoisotopic (exact) mass is 301 g/mol. The van der Waals surface area contributed by atoms with Crippen LogP contribution in [0.4, 0.5) is 0 Å². The zero-order chi connectivity index (χ0) is 16.1. The minimum atomic E-state index is -0.733. The van der Waals surface area contributed by atoms with Gasteiger partial charge in [-0.15, -0.1) is 0 Å². The van der Waals surface area contributed by atoms with Crippen LogP contribution in [0.25, 0.3) is 0 Å². The summed E-state index contributed by atoms with van der Waals surface area (Å²) in [5, 5.41) is 11.1. The molecule has 0 bridgehead atoms. The summed E-state index contributed by atoms with van der Waals surface area (Å²) in [4.78, 5) is 27.7. The number of hydrogen-bond donors (Lipinski definition) is 0. The molecule has 0 aliphatic heterocycles. The van der Waals surface area contributed by atoms with Crippen LogP contribution in [0.1, 0.15) is 21.6 Å². The van der Waals surface area contributed by atoms with Gasteiger partial charge in [0.2, 0.25) is 0 Å². The number of nitro groups is 1. The lowest BCUT2D eigenvalue weighted by molar-refractivity contribution is -0.635. The quantitative estimate of drug-likeness (QED) is 0.624. The number of hydrazine groups is 1. The summed E-state index contributed by atoms with van der Waals surface area (Å²) in [5.74, 6) is -0.440. The minimum Gasteiger partial charge on any atom is -0.496 e. The van der Waals surface area contributed by atoms with E-state index in [2.05, 4.69) is 4.98 Å². The fourth-order valence-corrected chi connectivity index (χ4v) is 1.93. The lowest BCUT2D eigenvalue weighted by atomic mass is 10.1. The summed E-state index contributed by atoms with van der Waals surface area (Å²) >= 11 is 0. The summed E-state index contributed by atoms with van der Waals surface area (Å²) in [6.45, 7) is 1.65. The summed E-state index contributed by atoms with van der Waals surface area (Å²) in [5.41, 5.74) is 1.51. The van der Waals surface area contributed by atoms with Gasteiger partial charge in [0, 0.05) is 11.9 Å². The molecule has 0 fully saturated rings. The topological polar surface area (TPSA) is 85.6 Å². The predicted molar refractivity (Wildman–Crippen MR) is 78.8 cm³/mol. The fourth-order valence-electron chi connectivity index (χ4n) is 1.93. The van der Waals surface area contributed by atoms with E-state index < -0.39 is 10.9 Å². The van der Waals surface area contributed by atoms with Crippen molar-refractivity contribution in [1.82, 2.24) is 9.99 Å². The number of aryl methyl sites for hydroxylation is 1. The second kappa shape index (κ2) is 6.66. The Kier molecular flexibility index (Phi) is 4.67. The van der Waals surface area contributed by atoms with Crippen molar-refractivity contribution >= 4 is 5.91 Å². The number of carbonyl (C=O) groups excluding carboxylic acids is 1. The smallest absolute Gasteiger partial charge is 0.318 e. The van der Waals surface area contributed by atoms with Gasteiger partial charge in [-0.2, -0.15) is 0 Å². The first-order valence-corrected chi connectivity index (χ1v) is 6.53. The number of methoxy groups -OCH3 is 1. The largest absolute Gasteiger partial charge is 0.496 e. The van der Waals surface area contributed by atoms with Crippen molar-refractivity contribution in [2.45, 2.75) is 13.5 Å². The molecule has 7 nitrogen and oxygen atoms in total. The Labute approximate surface area is 127 Å². The molecule has 7 heteroatoms. The number of ether oxygens (including phenoxy) is 1. The molecule has 1 aromatic heterocycles. The highest BCUT2D eigenvalue weighted by Gasteiger charge is 2.28. The Hall–Kier alpha value is -2.96. The van der Waals surface area contributed by atoms with Crippen LogP contribution in [0.5, 0.6) is 5.75 Å². The molecule has 0 atom stereocenters. The maximum absolute atomic E-state index is 12.4. The van der Waals surface area contributed by atoms with Gasteiger partial charge < -0.3 is 4.74 Å². The van der Waals surface area contributed by atoms with Crippen molar-refractivity contribution in [3.8, 4) is 5.75 Å². The molecule has 0 N–H and O–H groups in total. The number of nitrogens with zero attached hydrogens (tertiary/aromatic N) is 3. The van der Waals surface area contributed by atoms with E-state index in [9.17, 15) is 14.9 Å². The van der Waals surface area contributed by atoms with E-state index in [4.69, 9.17) is 4.74 Å². The van der Waals surface area contributed by atoms with Gasteiger partial charge in [-0.25, -0.2) is 10.1 Å². The number of rotatable bonds is 5. The third-order valence-electron chi connectivity index (χ3n) is 3.07.